The Morgan fingerprint density at radius 1 is 1.21 bits per heavy atom. The molecule has 0 saturated carbocycles. The molecule has 8 heteroatoms. The van der Waals surface area contributed by atoms with E-state index >= 15 is 0 Å². The molecule has 0 unspecified atom stereocenters. The van der Waals surface area contributed by atoms with Crippen LogP contribution in [0.3, 0.4) is 0 Å². The number of carbonyl (C=O) groups excluding carboxylic acids is 1. The van der Waals surface area contributed by atoms with Crippen molar-refractivity contribution in [1.82, 2.24) is 25.1 Å². The van der Waals surface area contributed by atoms with Crippen LogP contribution in [0.5, 0.6) is 0 Å². The SMILES string of the molecule is COC(=O)c1ccc(-c2nc(Nc3cnn(C4CCNCC4)c3)ncc2C)cc1. The molecule has 1 fully saturated rings. The fourth-order valence-corrected chi connectivity index (χ4v) is 3.48. The first kappa shape index (κ1) is 19.1. The lowest BCUT2D eigenvalue weighted by molar-refractivity contribution is 0.0601. The van der Waals surface area contributed by atoms with Crippen molar-refractivity contribution in [3.8, 4) is 11.3 Å². The second kappa shape index (κ2) is 8.40. The quantitative estimate of drug-likeness (QED) is 0.644. The number of nitrogens with one attached hydrogen (secondary N) is 2. The summed E-state index contributed by atoms with van der Waals surface area (Å²) in [6, 6.07) is 7.62. The van der Waals surface area contributed by atoms with Gasteiger partial charge in [-0.3, -0.25) is 4.68 Å². The molecule has 0 spiro atoms. The van der Waals surface area contributed by atoms with Crippen molar-refractivity contribution in [2.75, 3.05) is 25.5 Å². The molecule has 4 rings (SSSR count). The van der Waals surface area contributed by atoms with Gasteiger partial charge in [0.2, 0.25) is 5.95 Å². The standard InChI is InChI=1S/C21H24N6O2/c1-14-11-23-21(25-17-12-24-27(13-17)18-7-9-22-10-8-18)26-19(14)15-3-5-16(6-4-15)20(28)29-2/h3-6,11-13,18,22H,7-10H2,1-2H3,(H,23,25,26). The number of ether oxygens (including phenoxy) is 1. The topological polar surface area (TPSA) is 94.0 Å². The number of hydrogen-bond acceptors (Lipinski definition) is 7. The van der Waals surface area contributed by atoms with Gasteiger partial charge in [-0.1, -0.05) is 12.1 Å². The average Bonchev–Trinajstić information content (AvgIpc) is 3.24. The van der Waals surface area contributed by atoms with Gasteiger partial charge in [0.05, 0.1) is 36.3 Å². The Morgan fingerprint density at radius 3 is 2.69 bits per heavy atom. The molecule has 2 aromatic heterocycles. The molecule has 0 bridgehead atoms. The van der Waals surface area contributed by atoms with Crippen LogP contribution in [-0.2, 0) is 4.74 Å². The number of nitrogens with zero attached hydrogens (tertiary/aromatic N) is 4. The van der Waals surface area contributed by atoms with E-state index in [2.05, 4.69) is 25.7 Å². The van der Waals surface area contributed by atoms with E-state index in [0.29, 0.717) is 17.6 Å². The number of anilines is 2. The fourth-order valence-electron chi connectivity index (χ4n) is 3.48. The summed E-state index contributed by atoms with van der Waals surface area (Å²) in [5.74, 6) is 0.150. The van der Waals surface area contributed by atoms with E-state index in [0.717, 1.165) is 48.4 Å². The van der Waals surface area contributed by atoms with Crippen LogP contribution in [0.4, 0.5) is 11.6 Å². The van der Waals surface area contributed by atoms with Crippen LogP contribution < -0.4 is 10.6 Å². The van der Waals surface area contributed by atoms with Gasteiger partial charge in [-0.25, -0.2) is 14.8 Å². The third kappa shape index (κ3) is 4.27. The van der Waals surface area contributed by atoms with Crippen LogP contribution in [0, 0.1) is 6.92 Å². The zero-order valence-corrected chi connectivity index (χ0v) is 16.6. The number of hydrogen-bond donors (Lipinski definition) is 2. The van der Waals surface area contributed by atoms with Crippen molar-refractivity contribution in [2.24, 2.45) is 0 Å². The molecule has 1 aliphatic heterocycles. The molecule has 2 N–H and O–H groups in total. The predicted molar refractivity (Wildman–Crippen MR) is 110 cm³/mol. The van der Waals surface area contributed by atoms with Gasteiger partial charge in [0, 0.05) is 18.0 Å². The van der Waals surface area contributed by atoms with Gasteiger partial charge in [-0.05, 0) is 50.6 Å². The molecule has 150 valence electrons. The van der Waals surface area contributed by atoms with Gasteiger partial charge in [-0.2, -0.15) is 5.10 Å². The van der Waals surface area contributed by atoms with Crippen molar-refractivity contribution in [3.63, 3.8) is 0 Å². The Kier molecular flexibility index (Phi) is 5.53. The highest BCUT2D eigenvalue weighted by molar-refractivity contribution is 5.89. The Labute approximate surface area is 169 Å². The van der Waals surface area contributed by atoms with Crippen molar-refractivity contribution in [3.05, 3.63) is 54.0 Å². The van der Waals surface area contributed by atoms with E-state index in [9.17, 15) is 4.79 Å². The van der Waals surface area contributed by atoms with Gasteiger partial charge in [0.15, 0.2) is 0 Å². The zero-order chi connectivity index (χ0) is 20.2. The number of esters is 1. The number of piperidine rings is 1. The Bertz CT molecular complexity index is 993. The van der Waals surface area contributed by atoms with Gasteiger partial charge in [0.1, 0.15) is 0 Å². The molecular weight excluding hydrogens is 368 g/mol. The smallest absolute Gasteiger partial charge is 0.337 e. The summed E-state index contributed by atoms with van der Waals surface area (Å²) in [6.45, 7) is 4.00. The largest absolute Gasteiger partial charge is 0.465 e. The molecular formula is C21H24N6O2. The second-order valence-electron chi connectivity index (χ2n) is 7.11. The molecule has 1 saturated heterocycles. The Morgan fingerprint density at radius 2 is 1.97 bits per heavy atom. The monoisotopic (exact) mass is 392 g/mol. The highest BCUT2D eigenvalue weighted by Crippen LogP contribution is 2.25. The van der Waals surface area contributed by atoms with Gasteiger partial charge in [0.25, 0.3) is 0 Å². The third-order valence-electron chi connectivity index (χ3n) is 5.09. The lowest BCUT2D eigenvalue weighted by Gasteiger charge is -2.22. The van der Waals surface area contributed by atoms with Crippen LogP contribution in [0.1, 0.15) is 34.8 Å². The summed E-state index contributed by atoms with van der Waals surface area (Å²) in [6.07, 6.45) is 7.75. The van der Waals surface area contributed by atoms with Crippen LogP contribution in [0.15, 0.2) is 42.9 Å². The molecule has 0 atom stereocenters. The van der Waals surface area contributed by atoms with Crippen LogP contribution in [0.25, 0.3) is 11.3 Å². The summed E-state index contributed by atoms with van der Waals surface area (Å²) in [5.41, 5.74) is 4.04. The maximum absolute atomic E-state index is 11.6. The first-order chi connectivity index (χ1) is 14.1. The number of aryl methyl sites for hydroxylation is 1. The summed E-state index contributed by atoms with van der Waals surface area (Å²) < 4.78 is 6.77. The number of benzene rings is 1. The van der Waals surface area contributed by atoms with Crippen LogP contribution >= 0.6 is 0 Å². The lowest BCUT2D eigenvalue weighted by Crippen LogP contribution is -2.29. The first-order valence-electron chi connectivity index (χ1n) is 9.68. The average molecular weight is 392 g/mol. The molecule has 8 nitrogen and oxygen atoms in total. The van der Waals surface area contributed by atoms with E-state index < -0.39 is 0 Å². The minimum Gasteiger partial charge on any atom is -0.465 e. The van der Waals surface area contributed by atoms with Gasteiger partial charge < -0.3 is 15.4 Å². The number of methoxy groups -OCH3 is 1. The number of aromatic nitrogens is 4. The number of rotatable bonds is 5. The Hall–Kier alpha value is -3.26. The fraction of sp³-hybridized carbons (Fsp3) is 0.333. The predicted octanol–water partition coefficient (Wildman–Crippen LogP) is 3.10. The van der Waals surface area contributed by atoms with E-state index in [1.54, 1.807) is 24.5 Å². The molecule has 3 aromatic rings. The summed E-state index contributed by atoms with van der Waals surface area (Å²) in [4.78, 5) is 20.7. The van der Waals surface area contributed by atoms with Crippen molar-refractivity contribution >= 4 is 17.6 Å². The van der Waals surface area contributed by atoms with E-state index in [4.69, 9.17) is 4.74 Å². The molecule has 29 heavy (non-hydrogen) atoms. The first-order valence-corrected chi connectivity index (χ1v) is 9.68. The van der Waals surface area contributed by atoms with E-state index in [-0.39, 0.29) is 5.97 Å². The lowest BCUT2D eigenvalue weighted by atomic mass is 10.1. The molecule has 3 heterocycles. The molecule has 0 amide bonds. The molecule has 1 aromatic carbocycles. The summed E-state index contributed by atoms with van der Waals surface area (Å²) in [5, 5.41) is 11.1. The second-order valence-corrected chi connectivity index (χ2v) is 7.11. The van der Waals surface area contributed by atoms with Gasteiger partial charge in [-0.15, -0.1) is 0 Å². The van der Waals surface area contributed by atoms with E-state index in [1.165, 1.54) is 7.11 Å². The Balaban J connectivity index is 1.53. The highest BCUT2D eigenvalue weighted by atomic mass is 16.5. The molecule has 1 aliphatic rings. The molecule has 0 radical (unpaired) electrons. The minimum absolute atomic E-state index is 0.357. The highest BCUT2D eigenvalue weighted by Gasteiger charge is 2.16. The molecule has 0 aliphatic carbocycles. The maximum Gasteiger partial charge on any atom is 0.337 e. The summed E-state index contributed by atoms with van der Waals surface area (Å²) in [7, 11) is 1.37. The van der Waals surface area contributed by atoms with Crippen molar-refractivity contribution < 1.29 is 9.53 Å². The van der Waals surface area contributed by atoms with Crippen molar-refractivity contribution in [1.29, 1.82) is 0 Å². The zero-order valence-electron chi connectivity index (χ0n) is 16.6. The summed E-state index contributed by atoms with van der Waals surface area (Å²) >= 11 is 0. The van der Waals surface area contributed by atoms with Crippen molar-refractivity contribution in [2.45, 2.75) is 25.8 Å². The van der Waals surface area contributed by atoms with E-state index in [1.807, 2.05) is 29.9 Å². The maximum atomic E-state index is 11.6. The normalized spacial score (nSPS) is 14.6. The minimum atomic E-state index is -0.357. The van der Waals surface area contributed by atoms with Gasteiger partial charge >= 0.3 is 5.97 Å². The van der Waals surface area contributed by atoms with Crippen LogP contribution in [0.2, 0.25) is 0 Å². The third-order valence-corrected chi connectivity index (χ3v) is 5.09. The number of carbonyl (C=O) groups is 1. The van der Waals surface area contributed by atoms with Crippen LogP contribution in [-0.4, -0.2) is 45.9 Å².